The summed E-state index contributed by atoms with van der Waals surface area (Å²) in [4.78, 5) is 0. The number of piperidine rings is 1. The van der Waals surface area contributed by atoms with Gasteiger partial charge in [0.25, 0.3) is 0 Å². The van der Waals surface area contributed by atoms with E-state index in [0.29, 0.717) is 4.05 Å². The molecule has 0 aromatic heterocycles. The van der Waals surface area contributed by atoms with Gasteiger partial charge >= 0.3 is 0 Å². The second-order valence-electron chi connectivity index (χ2n) is 4.16. The van der Waals surface area contributed by atoms with Gasteiger partial charge in [-0.15, -0.1) is 0 Å². The zero-order valence-corrected chi connectivity index (χ0v) is 11.3. The maximum atomic E-state index is 3.64. The minimum Gasteiger partial charge on any atom is -0.313 e. The van der Waals surface area contributed by atoms with Crippen LogP contribution in [0.3, 0.4) is 0 Å². The van der Waals surface area contributed by atoms with Gasteiger partial charge in [-0.1, -0.05) is 48.8 Å². The molecule has 0 bridgehead atoms. The first-order valence-corrected chi connectivity index (χ1v) is 7.18. The topological polar surface area (TPSA) is 24.1 Å². The van der Waals surface area contributed by atoms with Crippen LogP contribution >= 0.6 is 22.6 Å². The fraction of sp³-hybridized carbons (Fsp3) is 1.00. The summed E-state index contributed by atoms with van der Waals surface area (Å²) in [5.41, 5.74) is 0. The molecule has 0 saturated carbocycles. The van der Waals surface area contributed by atoms with Gasteiger partial charge in [0.05, 0.1) is 4.05 Å². The van der Waals surface area contributed by atoms with E-state index in [0.717, 1.165) is 12.6 Å². The van der Waals surface area contributed by atoms with Crippen molar-refractivity contribution in [3.63, 3.8) is 0 Å². The summed E-state index contributed by atoms with van der Waals surface area (Å²) < 4.78 is 0.700. The van der Waals surface area contributed by atoms with Crippen LogP contribution in [0.25, 0.3) is 0 Å². The normalized spacial score (nSPS) is 27.9. The molecular weight excluding hydrogens is 287 g/mol. The monoisotopic (exact) mass is 310 g/mol. The van der Waals surface area contributed by atoms with Crippen LogP contribution < -0.4 is 10.6 Å². The second-order valence-corrected chi connectivity index (χ2v) is 5.67. The lowest BCUT2D eigenvalue weighted by Crippen LogP contribution is -2.45. The van der Waals surface area contributed by atoms with Crippen LogP contribution in [0, 0.1) is 0 Å². The van der Waals surface area contributed by atoms with Crippen LogP contribution in [-0.4, -0.2) is 23.2 Å². The Hall–Kier alpha value is 0.650. The Kier molecular flexibility index (Phi) is 7.16. The molecule has 1 aliphatic rings. The molecule has 2 unspecified atom stereocenters. The van der Waals surface area contributed by atoms with E-state index in [1.165, 1.54) is 45.1 Å². The van der Waals surface area contributed by atoms with Gasteiger partial charge in [-0.3, -0.25) is 0 Å². The molecule has 2 atom stereocenters. The number of alkyl halides is 1. The Morgan fingerprint density at radius 2 is 2.14 bits per heavy atom. The molecule has 1 aliphatic heterocycles. The van der Waals surface area contributed by atoms with E-state index in [2.05, 4.69) is 40.1 Å². The number of halogens is 1. The van der Waals surface area contributed by atoms with Crippen molar-refractivity contribution in [3.8, 4) is 0 Å². The fourth-order valence-electron chi connectivity index (χ4n) is 1.85. The van der Waals surface area contributed by atoms with Gasteiger partial charge in [0.1, 0.15) is 0 Å². The average molecular weight is 310 g/mol. The third-order valence-corrected chi connectivity index (χ3v) is 3.88. The Morgan fingerprint density at radius 1 is 1.29 bits per heavy atom. The summed E-state index contributed by atoms with van der Waals surface area (Å²) in [5.74, 6) is 0. The number of hydrogen-bond acceptors (Lipinski definition) is 2. The van der Waals surface area contributed by atoms with Crippen molar-refractivity contribution in [1.29, 1.82) is 0 Å². The zero-order chi connectivity index (χ0) is 10.2. The summed E-state index contributed by atoms with van der Waals surface area (Å²) in [6, 6.07) is 0.725. The Bertz CT molecular complexity index is 133. The molecule has 0 amide bonds. The second kappa shape index (κ2) is 7.88. The number of unbranched alkanes of at least 4 members (excludes halogenated alkanes) is 3. The van der Waals surface area contributed by atoms with Crippen LogP contribution in [0.4, 0.5) is 0 Å². The van der Waals surface area contributed by atoms with Gasteiger partial charge in [-0.05, 0) is 25.8 Å². The van der Waals surface area contributed by atoms with Crippen LogP contribution in [0.2, 0.25) is 0 Å². The lowest BCUT2D eigenvalue weighted by Gasteiger charge is -2.27. The van der Waals surface area contributed by atoms with Crippen molar-refractivity contribution in [1.82, 2.24) is 10.6 Å². The van der Waals surface area contributed by atoms with Gasteiger partial charge in [0.15, 0.2) is 0 Å². The van der Waals surface area contributed by atoms with E-state index in [4.69, 9.17) is 0 Å². The zero-order valence-electron chi connectivity index (χ0n) is 9.19. The van der Waals surface area contributed by atoms with E-state index in [1.54, 1.807) is 0 Å². The number of rotatable bonds is 6. The lowest BCUT2D eigenvalue weighted by molar-refractivity contribution is 0.379. The van der Waals surface area contributed by atoms with Crippen LogP contribution in [0.1, 0.15) is 45.4 Å². The maximum Gasteiger partial charge on any atom is 0.0594 e. The molecule has 2 nitrogen and oxygen atoms in total. The van der Waals surface area contributed by atoms with Crippen molar-refractivity contribution >= 4 is 22.6 Å². The molecule has 1 rings (SSSR count). The van der Waals surface area contributed by atoms with E-state index >= 15 is 0 Å². The molecular formula is C11H23IN2. The minimum atomic E-state index is 0.700. The molecule has 0 aliphatic carbocycles. The van der Waals surface area contributed by atoms with Crippen LogP contribution in [0.5, 0.6) is 0 Å². The van der Waals surface area contributed by atoms with Crippen molar-refractivity contribution in [3.05, 3.63) is 0 Å². The summed E-state index contributed by atoms with van der Waals surface area (Å²) >= 11 is 2.48. The van der Waals surface area contributed by atoms with Crippen LogP contribution in [0.15, 0.2) is 0 Å². The molecule has 0 aromatic carbocycles. The predicted octanol–water partition coefficient (Wildman–Crippen LogP) is 2.67. The van der Waals surface area contributed by atoms with Gasteiger partial charge in [0, 0.05) is 12.6 Å². The maximum absolute atomic E-state index is 3.64. The van der Waals surface area contributed by atoms with Crippen molar-refractivity contribution in [2.24, 2.45) is 0 Å². The first-order chi connectivity index (χ1) is 6.83. The van der Waals surface area contributed by atoms with Crippen molar-refractivity contribution < 1.29 is 0 Å². The Labute approximate surface area is 102 Å². The molecule has 14 heavy (non-hydrogen) atoms. The highest BCUT2D eigenvalue weighted by molar-refractivity contribution is 14.1. The molecule has 84 valence electrons. The first kappa shape index (κ1) is 12.7. The third kappa shape index (κ3) is 5.51. The van der Waals surface area contributed by atoms with Crippen molar-refractivity contribution in [2.75, 3.05) is 13.1 Å². The fourth-order valence-corrected chi connectivity index (χ4v) is 2.47. The van der Waals surface area contributed by atoms with Gasteiger partial charge in [-0.2, -0.15) is 0 Å². The van der Waals surface area contributed by atoms with E-state index in [9.17, 15) is 0 Å². The summed E-state index contributed by atoms with van der Waals surface area (Å²) in [5, 5.41) is 7.14. The number of nitrogens with one attached hydrogen (secondary N) is 2. The largest absolute Gasteiger partial charge is 0.313 e. The highest BCUT2D eigenvalue weighted by Gasteiger charge is 2.16. The molecule has 0 spiro atoms. The quantitative estimate of drug-likeness (QED) is 0.341. The smallest absolute Gasteiger partial charge is 0.0594 e. The molecule has 3 heteroatoms. The molecule has 2 N–H and O–H groups in total. The van der Waals surface area contributed by atoms with Gasteiger partial charge in [0.2, 0.25) is 0 Å². The SMILES string of the molecule is CCCCCCNC1CCC(I)NC1. The van der Waals surface area contributed by atoms with Crippen molar-refractivity contribution in [2.45, 2.75) is 55.5 Å². The van der Waals surface area contributed by atoms with E-state index in [-0.39, 0.29) is 0 Å². The summed E-state index contributed by atoms with van der Waals surface area (Å²) in [6.07, 6.45) is 8.11. The molecule has 1 saturated heterocycles. The summed E-state index contributed by atoms with van der Waals surface area (Å²) in [7, 11) is 0. The highest BCUT2D eigenvalue weighted by atomic mass is 127. The predicted molar refractivity (Wildman–Crippen MR) is 71.0 cm³/mol. The van der Waals surface area contributed by atoms with Gasteiger partial charge < -0.3 is 10.6 Å². The average Bonchev–Trinajstić information content (AvgIpc) is 2.21. The standard InChI is InChI=1S/C11H23IN2/c1-2-3-4-5-8-13-10-6-7-11(12)14-9-10/h10-11,13-14H,2-9H2,1H3. The molecule has 1 fully saturated rings. The van der Waals surface area contributed by atoms with Crippen LogP contribution in [-0.2, 0) is 0 Å². The Morgan fingerprint density at radius 3 is 2.79 bits per heavy atom. The molecule has 1 heterocycles. The summed E-state index contributed by atoms with van der Waals surface area (Å²) in [6.45, 7) is 4.62. The van der Waals surface area contributed by atoms with E-state index < -0.39 is 0 Å². The Balaban J connectivity index is 1.91. The highest BCUT2D eigenvalue weighted by Crippen LogP contribution is 2.13. The first-order valence-electron chi connectivity index (χ1n) is 5.93. The van der Waals surface area contributed by atoms with E-state index in [1.807, 2.05) is 0 Å². The minimum absolute atomic E-state index is 0.700. The number of hydrogen-bond donors (Lipinski definition) is 2. The molecule has 0 radical (unpaired) electrons. The van der Waals surface area contributed by atoms with Gasteiger partial charge in [-0.25, -0.2) is 0 Å². The third-order valence-electron chi connectivity index (χ3n) is 2.82. The lowest BCUT2D eigenvalue weighted by atomic mass is 10.1. The molecule has 0 aromatic rings.